The molecule has 0 aliphatic carbocycles. The van der Waals surface area contributed by atoms with Crippen LogP contribution in [0, 0.1) is 5.82 Å². The number of benzene rings is 3. The highest BCUT2D eigenvalue weighted by atomic mass is 35.5. The normalized spacial score (nSPS) is 12.3. The van der Waals surface area contributed by atoms with Crippen molar-refractivity contribution in [2.45, 2.75) is 25.9 Å². The van der Waals surface area contributed by atoms with Crippen LogP contribution in [-0.4, -0.2) is 25.8 Å². The minimum Gasteiger partial charge on any atom is -0.294 e. The van der Waals surface area contributed by atoms with Gasteiger partial charge in [0.1, 0.15) is 12.4 Å². The number of aliphatic imine (C=N–C) groups is 1. The van der Waals surface area contributed by atoms with Gasteiger partial charge in [-0.15, -0.1) is 0 Å². The lowest BCUT2D eigenvalue weighted by molar-refractivity contribution is 0.0978. The summed E-state index contributed by atoms with van der Waals surface area (Å²) in [6.07, 6.45) is 0.409. The van der Waals surface area contributed by atoms with Gasteiger partial charge in [0.15, 0.2) is 11.6 Å². The van der Waals surface area contributed by atoms with Gasteiger partial charge in [0.05, 0.1) is 11.4 Å². The summed E-state index contributed by atoms with van der Waals surface area (Å²) < 4.78 is 15.5. The van der Waals surface area contributed by atoms with E-state index in [0.717, 1.165) is 10.2 Å². The summed E-state index contributed by atoms with van der Waals surface area (Å²) in [5, 5.41) is 4.90. The Balaban J connectivity index is 1.48. The number of ketones is 1. The third-order valence-corrected chi connectivity index (χ3v) is 6.17. The van der Waals surface area contributed by atoms with Crippen molar-refractivity contribution >= 4 is 23.1 Å². The molecule has 2 heterocycles. The number of rotatable bonds is 6. The van der Waals surface area contributed by atoms with Crippen LogP contribution < -0.4 is 11.1 Å². The predicted octanol–water partition coefficient (Wildman–Crippen LogP) is 4.20. The molecule has 0 fully saturated rings. The number of hydrogen-bond donors (Lipinski definition) is 0. The quantitative estimate of drug-likeness (QED) is 0.292. The summed E-state index contributed by atoms with van der Waals surface area (Å²) in [4.78, 5) is 43.3. The maximum absolute atomic E-state index is 13.2. The van der Waals surface area contributed by atoms with E-state index in [4.69, 9.17) is 16.6 Å². The molecule has 0 amide bonds. The SMILES string of the molecule is O=C(CCCn1nc2n(c(=O)c1=O)-c1ccc(Cl)cc1C(c1ccccc1)=NC2)c1ccc(F)cc1. The van der Waals surface area contributed by atoms with Crippen LogP contribution in [0.15, 0.2) is 87.4 Å². The van der Waals surface area contributed by atoms with Crippen molar-refractivity contribution in [1.82, 2.24) is 14.3 Å². The van der Waals surface area contributed by atoms with Crippen molar-refractivity contribution in [3.63, 3.8) is 0 Å². The Morgan fingerprint density at radius 3 is 2.47 bits per heavy atom. The summed E-state index contributed by atoms with van der Waals surface area (Å²) >= 11 is 6.27. The van der Waals surface area contributed by atoms with Gasteiger partial charge in [-0.25, -0.2) is 9.07 Å². The highest BCUT2D eigenvalue weighted by molar-refractivity contribution is 6.31. The van der Waals surface area contributed by atoms with Crippen molar-refractivity contribution in [3.8, 4) is 5.69 Å². The molecule has 0 radical (unpaired) electrons. The summed E-state index contributed by atoms with van der Waals surface area (Å²) in [6.45, 7) is 0.151. The predicted molar refractivity (Wildman–Crippen MR) is 135 cm³/mol. The lowest BCUT2D eigenvalue weighted by atomic mass is 10.0. The second-order valence-electron chi connectivity index (χ2n) is 8.31. The van der Waals surface area contributed by atoms with Crippen LogP contribution in [0.25, 0.3) is 5.69 Å². The minimum atomic E-state index is -0.794. The van der Waals surface area contributed by atoms with Gasteiger partial charge in [-0.1, -0.05) is 41.9 Å². The fourth-order valence-corrected chi connectivity index (χ4v) is 4.37. The number of halogens is 2. The van der Waals surface area contributed by atoms with Crippen LogP contribution in [0.4, 0.5) is 4.39 Å². The van der Waals surface area contributed by atoms with E-state index in [-0.39, 0.29) is 31.7 Å². The van der Waals surface area contributed by atoms with Crippen molar-refractivity contribution in [1.29, 1.82) is 0 Å². The first-order valence-electron chi connectivity index (χ1n) is 11.3. The lowest BCUT2D eigenvalue weighted by Crippen LogP contribution is -2.44. The first-order valence-corrected chi connectivity index (χ1v) is 11.7. The number of carbonyl (C=O) groups excluding carboxylic acids is 1. The average molecular weight is 503 g/mol. The first kappa shape index (κ1) is 23.6. The zero-order chi connectivity index (χ0) is 25.2. The minimum absolute atomic E-state index is 0.0700. The standard InChI is InChI=1S/C27H20ClFN4O3/c28-19-10-13-22-21(15-19)25(18-5-2-1-3-6-18)30-16-24-31-32(26(35)27(36)33(22)24)14-4-7-23(34)17-8-11-20(29)12-9-17/h1-3,5-6,8-13,15H,4,7,14,16H2. The van der Waals surface area contributed by atoms with Crippen LogP contribution >= 0.6 is 11.6 Å². The van der Waals surface area contributed by atoms with Crippen molar-refractivity contribution in [3.05, 3.63) is 127 Å². The van der Waals surface area contributed by atoms with Crippen LogP contribution in [0.3, 0.4) is 0 Å². The van der Waals surface area contributed by atoms with Crippen LogP contribution in [-0.2, 0) is 13.1 Å². The smallest absolute Gasteiger partial charge is 0.294 e. The first-order chi connectivity index (χ1) is 17.4. The molecule has 0 spiro atoms. The lowest BCUT2D eigenvalue weighted by Gasteiger charge is -2.14. The maximum Gasteiger partial charge on any atom is 0.332 e. The average Bonchev–Trinajstić information content (AvgIpc) is 3.04. The zero-order valence-electron chi connectivity index (χ0n) is 19.0. The molecule has 36 heavy (non-hydrogen) atoms. The number of nitrogens with zero attached hydrogens (tertiary/aromatic N) is 4. The van der Waals surface area contributed by atoms with Crippen molar-refractivity contribution in [2.75, 3.05) is 0 Å². The van der Waals surface area contributed by atoms with Gasteiger partial charge in [0.2, 0.25) is 0 Å². The molecule has 3 aromatic carbocycles. The Labute approximate surface area is 210 Å². The van der Waals surface area contributed by atoms with Gasteiger partial charge < -0.3 is 0 Å². The summed E-state index contributed by atoms with van der Waals surface area (Å²) in [5.41, 5.74) is 1.42. The number of carbonyl (C=O) groups is 1. The number of aryl methyl sites for hydroxylation is 1. The summed E-state index contributed by atoms with van der Waals surface area (Å²) in [6, 6.07) is 19.8. The van der Waals surface area contributed by atoms with Crippen molar-refractivity contribution in [2.24, 2.45) is 4.99 Å². The molecular weight excluding hydrogens is 483 g/mol. The van der Waals surface area contributed by atoms with E-state index in [1.807, 2.05) is 30.3 Å². The molecule has 0 N–H and O–H groups in total. The number of Topliss-reactive ketones (excluding diaryl/α,β-unsaturated/α-hetero) is 1. The molecule has 5 rings (SSSR count). The maximum atomic E-state index is 13.2. The molecular formula is C27H20ClFN4O3. The molecule has 0 atom stereocenters. The van der Waals surface area contributed by atoms with E-state index in [2.05, 4.69) is 5.10 Å². The van der Waals surface area contributed by atoms with Crippen molar-refractivity contribution < 1.29 is 9.18 Å². The van der Waals surface area contributed by atoms with Gasteiger partial charge >= 0.3 is 11.1 Å². The van der Waals surface area contributed by atoms with E-state index < -0.39 is 16.9 Å². The second-order valence-corrected chi connectivity index (χ2v) is 8.75. The van der Waals surface area contributed by atoms with E-state index in [0.29, 0.717) is 33.4 Å². The topological polar surface area (TPSA) is 86.3 Å². The second kappa shape index (κ2) is 9.83. The van der Waals surface area contributed by atoms with Gasteiger partial charge in [-0.05, 0) is 48.9 Å². The Morgan fingerprint density at radius 1 is 0.972 bits per heavy atom. The molecule has 0 unspecified atom stereocenters. The summed E-state index contributed by atoms with van der Waals surface area (Å²) in [5.74, 6) is -0.300. The van der Waals surface area contributed by atoms with Crippen LogP contribution in [0.5, 0.6) is 0 Å². The van der Waals surface area contributed by atoms with Crippen LogP contribution in [0.1, 0.15) is 40.2 Å². The Hall–Kier alpha value is -4.17. The third kappa shape index (κ3) is 4.55. The van der Waals surface area contributed by atoms with E-state index in [9.17, 15) is 18.8 Å². The van der Waals surface area contributed by atoms with Gasteiger partial charge in [-0.2, -0.15) is 5.10 Å². The molecule has 9 heteroatoms. The van der Waals surface area contributed by atoms with Gasteiger partial charge in [0, 0.05) is 34.7 Å². The number of aromatic nitrogens is 3. The Bertz CT molecular complexity index is 1610. The molecule has 0 saturated carbocycles. The molecule has 0 bridgehead atoms. The molecule has 1 aromatic heterocycles. The molecule has 0 saturated heterocycles. The van der Waals surface area contributed by atoms with E-state index >= 15 is 0 Å². The monoisotopic (exact) mass is 502 g/mol. The number of hydrogen-bond acceptors (Lipinski definition) is 5. The van der Waals surface area contributed by atoms with E-state index in [1.165, 1.54) is 28.8 Å². The molecule has 1 aliphatic heterocycles. The molecule has 1 aliphatic rings. The Morgan fingerprint density at radius 2 is 1.72 bits per heavy atom. The van der Waals surface area contributed by atoms with Gasteiger partial charge in [0.25, 0.3) is 0 Å². The molecule has 7 nitrogen and oxygen atoms in total. The van der Waals surface area contributed by atoms with Gasteiger partial charge in [-0.3, -0.25) is 23.9 Å². The Kier molecular flexibility index (Phi) is 6.43. The third-order valence-electron chi connectivity index (χ3n) is 5.94. The number of fused-ring (bicyclic) bond motifs is 3. The fraction of sp³-hybridized carbons (Fsp3) is 0.148. The molecule has 180 valence electrons. The summed E-state index contributed by atoms with van der Waals surface area (Å²) in [7, 11) is 0. The highest BCUT2D eigenvalue weighted by Gasteiger charge is 2.23. The largest absolute Gasteiger partial charge is 0.332 e. The van der Waals surface area contributed by atoms with Crippen LogP contribution in [0.2, 0.25) is 5.02 Å². The highest BCUT2D eigenvalue weighted by Crippen LogP contribution is 2.26. The fourth-order valence-electron chi connectivity index (χ4n) is 4.20. The molecule has 4 aromatic rings. The van der Waals surface area contributed by atoms with E-state index in [1.54, 1.807) is 18.2 Å². The zero-order valence-corrected chi connectivity index (χ0v) is 19.8.